The van der Waals surface area contributed by atoms with Crippen LogP contribution in [0.5, 0.6) is 0 Å². The van der Waals surface area contributed by atoms with E-state index in [2.05, 4.69) is 4.99 Å². The van der Waals surface area contributed by atoms with Gasteiger partial charge in [-0.05, 0) is 52.9 Å². The fraction of sp³-hybridized carbons (Fsp3) is 0.0952. The van der Waals surface area contributed by atoms with Crippen molar-refractivity contribution >= 4 is 34.3 Å². The molecule has 0 aliphatic heterocycles. The number of benzene rings is 2. The van der Waals surface area contributed by atoms with Crippen molar-refractivity contribution in [1.29, 1.82) is 0 Å². The number of para-hydroxylation sites is 1. The maximum absolute atomic E-state index is 13.0. The number of nitrogens with zero attached hydrogens (tertiary/aromatic N) is 1. The van der Waals surface area contributed by atoms with Crippen LogP contribution in [0.2, 0.25) is 5.02 Å². The fourth-order valence-electron chi connectivity index (χ4n) is 2.56. The van der Waals surface area contributed by atoms with Crippen LogP contribution in [-0.2, 0) is 6.18 Å². The second kappa shape index (κ2) is 8.76. The number of hydrogen-bond donors (Lipinski definition) is 1. The Morgan fingerprint density at radius 3 is 2.29 bits per heavy atom. The smallest absolute Gasteiger partial charge is 0.395 e. The van der Waals surface area contributed by atoms with Gasteiger partial charge < -0.3 is 5.73 Å². The molecule has 1 aromatic heterocycles. The Balaban J connectivity index is 2.08. The lowest BCUT2D eigenvalue weighted by molar-refractivity contribution is -0.137. The number of nitrogens with two attached hydrogens (primary N) is 1. The molecule has 0 unspecified atom stereocenters. The molecule has 3 rings (SSSR count). The van der Waals surface area contributed by atoms with E-state index in [0.717, 1.165) is 23.5 Å². The first-order chi connectivity index (χ1) is 14.4. The average Bonchev–Trinajstić information content (AvgIpc) is 3.18. The zero-order chi connectivity index (χ0) is 22.8. The van der Waals surface area contributed by atoms with Gasteiger partial charge in [0, 0.05) is 0 Å². The third kappa shape index (κ3) is 5.68. The summed E-state index contributed by atoms with van der Waals surface area (Å²) in [7, 11) is 0. The van der Waals surface area contributed by atoms with E-state index < -0.39 is 23.6 Å². The zero-order valence-corrected chi connectivity index (χ0v) is 17.0. The van der Waals surface area contributed by atoms with Gasteiger partial charge in [-0.25, -0.2) is 4.99 Å². The van der Waals surface area contributed by atoms with Crippen LogP contribution in [0.15, 0.2) is 76.7 Å². The number of rotatable bonds is 4. The standard InChI is InChI=1S/C21H13ClF6N2S/c22-15-6-1-2-7-16(15)30-17(10-19(29)21(26,27)28)18-9-13(11-31-18)12-4-3-5-14(8-12)20(23,24)25/h1-11H,29H2. The number of allylic oxidation sites excluding steroid dienone is 2. The topological polar surface area (TPSA) is 38.4 Å². The molecule has 0 atom stereocenters. The summed E-state index contributed by atoms with van der Waals surface area (Å²) in [5.41, 5.74) is 3.74. The molecule has 0 saturated heterocycles. The van der Waals surface area contributed by atoms with Gasteiger partial charge in [0.2, 0.25) is 0 Å². The van der Waals surface area contributed by atoms with E-state index in [1.807, 2.05) is 0 Å². The van der Waals surface area contributed by atoms with Gasteiger partial charge in [-0.2, -0.15) is 26.3 Å². The third-order valence-corrected chi connectivity index (χ3v) is 5.36. The summed E-state index contributed by atoms with van der Waals surface area (Å²) in [6, 6.07) is 12.4. The molecule has 162 valence electrons. The molecule has 10 heteroatoms. The van der Waals surface area contributed by atoms with E-state index in [1.165, 1.54) is 35.7 Å². The van der Waals surface area contributed by atoms with E-state index in [0.29, 0.717) is 11.6 Å². The average molecular weight is 475 g/mol. The maximum atomic E-state index is 13.0. The molecule has 0 spiro atoms. The molecule has 0 aliphatic carbocycles. The van der Waals surface area contributed by atoms with Crippen LogP contribution in [0.1, 0.15) is 10.4 Å². The molecule has 0 fully saturated rings. The Morgan fingerprint density at radius 2 is 1.65 bits per heavy atom. The molecular formula is C21H13ClF6N2S. The van der Waals surface area contributed by atoms with Crippen LogP contribution < -0.4 is 5.73 Å². The number of aliphatic imine (C=N–C) groups is 1. The Bertz CT molecular complexity index is 1150. The van der Waals surface area contributed by atoms with Crippen LogP contribution in [-0.4, -0.2) is 11.9 Å². The molecule has 0 radical (unpaired) electrons. The molecule has 2 nitrogen and oxygen atoms in total. The highest BCUT2D eigenvalue weighted by molar-refractivity contribution is 7.12. The van der Waals surface area contributed by atoms with Crippen LogP contribution in [0.3, 0.4) is 0 Å². The minimum atomic E-state index is -4.78. The van der Waals surface area contributed by atoms with Crippen molar-refractivity contribution in [1.82, 2.24) is 0 Å². The largest absolute Gasteiger partial charge is 0.430 e. The van der Waals surface area contributed by atoms with E-state index >= 15 is 0 Å². The first kappa shape index (κ1) is 22.9. The van der Waals surface area contributed by atoms with Crippen LogP contribution in [0, 0.1) is 0 Å². The van der Waals surface area contributed by atoms with Gasteiger partial charge in [0.05, 0.1) is 26.9 Å². The summed E-state index contributed by atoms with van der Waals surface area (Å²) in [6.45, 7) is 0. The molecule has 1 heterocycles. The van der Waals surface area contributed by atoms with Gasteiger partial charge in [0.15, 0.2) is 0 Å². The number of hydrogen-bond acceptors (Lipinski definition) is 3. The van der Waals surface area contributed by atoms with Gasteiger partial charge in [0.25, 0.3) is 0 Å². The Labute approximate surface area is 182 Å². The number of halogens is 7. The highest BCUT2D eigenvalue weighted by Crippen LogP contribution is 2.34. The Morgan fingerprint density at radius 1 is 0.935 bits per heavy atom. The van der Waals surface area contributed by atoms with Crippen LogP contribution >= 0.6 is 22.9 Å². The third-order valence-electron chi connectivity index (χ3n) is 4.09. The van der Waals surface area contributed by atoms with Gasteiger partial charge in [-0.3, -0.25) is 0 Å². The summed E-state index contributed by atoms with van der Waals surface area (Å²) >= 11 is 7.08. The lowest BCUT2D eigenvalue weighted by Crippen LogP contribution is -2.20. The second-order valence-corrected chi connectivity index (χ2v) is 7.64. The fourth-order valence-corrected chi connectivity index (χ4v) is 3.61. The zero-order valence-electron chi connectivity index (χ0n) is 15.4. The summed E-state index contributed by atoms with van der Waals surface area (Å²) in [6.07, 6.45) is -8.62. The van der Waals surface area contributed by atoms with Crippen LogP contribution in [0.4, 0.5) is 32.0 Å². The van der Waals surface area contributed by atoms with Gasteiger partial charge in [0.1, 0.15) is 5.70 Å². The Kier molecular flexibility index (Phi) is 6.47. The summed E-state index contributed by atoms with van der Waals surface area (Å²) in [5.74, 6) is 0. The summed E-state index contributed by atoms with van der Waals surface area (Å²) < 4.78 is 78.0. The maximum Gasteiger partial charge on any atom is 0.430 e. The van der Waals surface area contributed by atoms with Crippen molar-refractivity contribution < 1.29 is 26.3 Å². The molecule has 3 aromatic rings. The van der Waals surface area contributed by atoms with Gasteiger partial charge >= 0.3 is 12.4 Å². The monoisotopic (exact) mass is 474 g/mol. The SMILES string of the molecule is NC(=CC(=Nc1ccccc1Cl)c1cc(-c2cccc(C(F)(F)F)c2)cs1)C(F)(F)F. The molecule has 0 aliphatic rings. The van der Waals surface area contributed by atoms with Gasteiger partial charge in [-0.15, -0.1) is 11.3 Å². The first-order valence-corrected chi connectivity index (χ1v) is 9.85. The first-order valence-electron chi connectivity index (χ1n) is 8.59. The van der Waals surface area contributed by atoms with Gasteiger partial charge in [-0.1, -0.05) is 35.9 Å². The molecule has 31 heavy (non-hydrogen) atoms. The van der Waals surface area contributed by atoms with E-state index in [9.17, 15) is 26.3 Å². The lowest BCUT2D eigenvalue weighted by Gasteiger charge is -2.08. The Hall–Kier alpha value is -2.78. The molecular weight excluding hydrogens is 462 g/mol. The minimum Gasteiger partial charge on any atom is -0.395 e. The predicted octanol–water partition coefficient (Wildman–Crippen LogP) is 7.61. The van der Waals surface area contributed by atoms with Crippen LogP contribution in [0.25, 0.3) is 11.1 Å². The highest BCUT2D eigenvalue weighted by Gasteiger charge is 2.32. The summed E-state index contributed by atoms with van der Waals surface area (Å²) in [4.78, 5) is 4.48. The second-order valence-electron chi connectivity index (χ2n) is 6.32. The van der Waals surface area contributed by atoms with Crippen molar-refractivity contribution in [2.24, 2.45) is 10.7 Å². The lowest BCUT2D eigenvalue weighted by atomic mass is 10.0. The van der Waals surface area contributed by atoms with E-state index in [4.69, 9.17) is 17.3 Å². The van der Waals surface area contributed by atoms with Crippen molar-refractivity contribution in [3.63, 3.8) is 0 Å². The number of thiophene rings is 1. The molecule has 2 N–H and O–H groups in total. The normalized spacial score (nSPS) is 13.5. The number of alkyl halides is 6. The van der Waals surface area contributed by atoms with Crippen molar-refractivity contribution in [2.75, 3.05) is 0 Å². The molecule has 0 bridgehead atoms. The van der Waals surface area contributed by atoms with E-state index in [1.54, 1.807) is 12.1 Å². The predicted molar refractivity (Wildman–Crippen MR) is 111 cm³/mol. The molecule has 0 saturated carbocycles. The van der Waals surface area contributed by atoms with Crippen molar-refractivity contribution in [3.05, 3.63) is 87.2 Å². The van der Waals surface area contributed by atoms with Crippen molar-refractivity contribution in [3.8, 4) is 11.1 Å². The molecule has 2 aromatic carbocycles. The quantitative estimate of drug-likeness (QED) is 0.306. The minimum absolute atomic E-state index is 0.119. The highest BCUT2D eigenvalue weighted by atomic mass is 35.5. The van der Waals surface area contributed by atoms with Crippen molar-refractivity contribution in [2.45, 2.75) is 12.4 Å². The summed E-state index contributed by atoms with van der Waals surface area (Å²) in [5, 5.41) is 1.75. The molecule has 0 amide bonds. The van der Waals surface area contributed by atoms with E-state index in [-0.39, 0.29) is 26.9 Å².